The predicted molar refractivity (Wildman–Crippen MR) is 143 cm³/mol. The number of alkyl halides is 3. The maximum absolute atomic E-state index is 13.9. The van der Waals surface area contributed by atoms with Gasteiger partial charge in [0.15, 0.2) is 9.75 Å². The fourth-order valence-corrected chi connectivity index (χ4v) is 8.34. The number of benzene rings is 2. The van der Waals surface area contributed by atoms with Crippen molar-refractivity contribution in [1.29, 1.82) is 0 Å². The number of carbonyl (C=O) groups excluding carboxylic acids is 5. The van der Waals surface area contributed by atoms with E-state index in [0.29, 0.717) is 21.4 Å². The Kier molecular flexibility index (Phi) is 5.91. The van der Waals surface area contributed by atoms with E-state index in [1.807, 2.05) is 12.1 Å². The van der Waals surface area contributed by atoms with Gasteiger partial charge in [-0.2, -0.15) is 4.90 Å². The van der Waals surface area contributed by atoms with Crippen LogP contribution in [-0.2, 0) is 23.9 Å². The predicted octanol–water partition coefficient (Wildman–Crippen LogP) is 4.02. The Morgan fingerprint density at radius 1 is 1.08 bits per heavy atom. The summed E-state index contributed by atoms with van der Waals surface area (Å²) in [5.41, 5.74) is 0.645. The molecule has 6 rings (SSSR count). The molecular formula is C27H21BrCl2N2O7. The van der Waals surface area contributed by atoms with Gasteiger partial charge in [-0.1, -0.05) is 57.9 Å². The lowest BCUT2D eigenvalue weighted by Crippen LogP contribution is -2.60. The van der Waals surface area contributed by atoms with Gasteiger partial charge in [0.25, 0.3) is 11.8 Å². The number of likely N-dealkylation sites (tertiary alicyclic amines) is 2. The summed E-state index contributed by atoms with van der Waals surface area (Å²) in [4.78, 5) is 64.0. The van der Waals surface area contributed by atoms with Crippen molar-refractivity contribution in [2.45, 2.75) is 28.5 Å². The van der Waals surface area contributed by atoms with Crippen molar-refractivity contribution in [3.63, 3.8) is 0 Å². The molecule has 2 saturated heterocycles. The van der Waals surface area contributed by atoms with Crippen molar-refractivity contribution in [2.24, 2.45) is 17.8 Å². The van der Waals surface area contributed by atoms with Gasteiger partial charge in [-0.05, 0) is 35.6 Å². The fourth-order valence-electron chi connectivity index (χ4n) is 6.93. The molecule has 202 valence electrons. The summed E-state index contributed by atoms with van der Waals surface area (Å²) in [5.74, 6) is -6.96. The highest BCUT2D eigenvalue weighted by Crippen LogP contribution is 2.66. The van der Waals surface area contributed by atoms with E-state index in [1.54, 1.807) is 24.3 Å². The van der Waals surface area contributed by atoms with Gasteiger partial charge in [0.05, 0.1) is 24.4 Å². The zero-order chi connectivity index (χ0) is 28.0. The van der Waals surface area contributed by atoms with Crippen LogP contribution in [0.2, 0.25) is 0 Å². The van der Waals surface area contributed by atoms with Gasteiger partial charge in [0.1, 0.15) is 5.75 Å². The molecule has 6 atom stereocenters. The first-order valence-electron chi connectivity index (χ1n) is 12.2. The van der Waals surface area contributed by atoms with Gasteiger partial charge in [0.2, 0.25) is 11.8 Å². The third kappa shape index (κ3) is 3.16. The van der Waals surface area contributed by atoms with E-state index in [9.17, 15) is 29.1 Å². The van der Waals surface area contributed by atoms with Crippen molar-refractivity contribution >= 4 is 79.6 Å². The zero-order valence-corrected chi connectivity index (χ0v) is 23.5. The molecule has 9 nitrogen and oxygen atoms in total. The smallest absolute Gasteiger partial charge is 0.423 e. The Balaban J connectivity index is 1.63. The lowest BCUT2D eigenvalue weighted by molar-refractivity contribution is -0.140. The van der Waals surface area contributed by atoms with E-state index in [2.05, 4.69) is 20.7 Å². The minimum atomic E-state index is -2.05. The molecule has 2 heterocycles. The van der Waals surface area contributed by atoms with Crippen molar-refractivity contribution in [3.05, 3.63) is 53.6 Å². The number of phenols is 1. The Bertz CT molecular complexity index is 1550. The standard InChI is InChI=1S/C27H21BrCl2N2O7/c1-39-25(38)32-21(34)15-8-7-14-16(18(15)22(32)35)10-26(29)23(36)31(11-28)24(37)27(26,30)20(14)19-13-5-3-2-4-12(13)6-9-17(19)33/h2-7,9,15-16,18,20,33H,8,10-11H2,1H3/t15-,16+,18-,20+,26+,27-/m0/s1. The number of halogens is 3. The molecule has 0 bridgehead atoms. The SMILES string of the molecule is COC(=O)N1C(=O)[C@H]2[C@H](CC=C3[C@H]2C[C@@]2(Cl)C(=O)N(CBr)C(=O)[C@@]2(Cl)[C@H]3c2c(O)ccc3ccccc23)C1=O. The number of methoxy groups -OCH3 is 1. The third-order valence-electron chi connectivity index (χ3n) is 8.61. The molecule has 0 radical (unpaired) electrons. The molecule has 1 N–H and O–H groups in total. The van der Waals surface area contributed by atoms with Crippen LogP contribution >= 0.6 is 39.1 Å². The number of carbonyl (C=O) groups is 5. The monoisotopic (exact) mass is 634 g/mol. The van der Waals surface area contributed by atoms with Crippen LogP contribution in [0.5, 0.6) is 5.75 Å². The second kappa shape index (κ2) is 8.78. The molecule has 2 aliphatic carbocycles. The molecule has 0 aromatic heterocycles. The molecule has 4 aliphatic rings. The van der Waals surface area contributed by atoms with Crippen LogP contribution in [0.3, 0.4) is 0 Å². The highest BCUT2D eigenvalue weighted by molar-refractivity contribution is 9.09. The van der Waals surface area contributed by atoms with Gasteiger partial charge in [-0.25, -0.2) is 4.79 Å². The molecule has 3 fully saturated rings. The van der Waals surface area contributed by atoms with E-state index >= 15 is 0 Å². The maximum Gasteiger partial charge on any atom is 0.423 e. The molecule has 2 aliphatic heterocycles. The van der Waals surface area contributed by atoms with Crippen molar-refractivity contribution in [2.75, 3.05) is 12.6 Å². The second-order valence-electron chi connectivity index (χ2n) is 10.2. The van der Waals surface area contributed by atoms with E-state index in [4.69, 9.17) is 23.2 Å². The number of phenolic OH excluding ortho intramolecular Hbond substituents is 1. The summed E-state index contributed by atoms with van der Waals surface area (Å²) in [6.45, 7) is 0. The lowest BCUT2D eigenvalue weighted by atomic mass is 9.56. The fraction of sp³-hybridized carbons (Fsp3) is 0.370. The molecule has 2 aromatic rings. The average molecular weight is 636 g/mol. The van der Waals surface area contributed by atoms with E-state index in [-0.39, 0.29) is 24.0 Å². The summed E-state index contributed by atoms with van der Waals surface area (Å²) in [6, 6.07) is 10.4. The van der Waals surface area contributed by atoms with Crippen LogP contribution in [-0.4, -0.2) is 66.9 Å². The summed E-state index contributed by atoms with van der Waals surface area (Å²) in [5, 5.41) is 12.6. The highest BCUT2D eigenvalue weighted by atomic mass is 79.9. The van der Waals surface area contributed by atoms with Crippen LogP contribution in [0.25, 0.3) is 10.8 Å². The van der Waals surface area contributed by atoms with Gasteiger partial charge in [-0.15, -0.1) is 23.2 Å². The molecular weight excluding hydrogens is 615 g/mol. The number of allylic oxidation sites excluding steroid dienone is 2. The second-order valence-corrected chi connectivity index (χ2v) is 11.9. The summed E-state index contributed by atoms with van der Waals surface area (Å²) in [6.07, 6.45) is 0.502. The average Bonchev–Trinajstić information content (AvgIpc) is 3.26. The molecule has 12 heteroatoms. The quantitative estimate of drug-likeness (QED) is 0.229. The van der Waals surface area contributed by atoms with Gasteiger partial charge >= 0.3 is 6.09 Å². The summed E-state index contributed by atoms with van der Waals surface area (Å²) >= 11 is 17.6. The zero-order valence-electron chi connectivity index (χ0n) is 20.4. The topological polar surface area (TPSA) is 121 Å². The molecule has 0 spiro atoms. The first kappa shape index (κ1) is 26.3. The van der Waals surface area contributed by atoms with Crippen LogP contribution in [0.15, 0.2) is 48.0 Å². The summed E-state index contributed by atoms with van der Waals surface area (Å²) in [7, 11) is 1.07. The van der Waals surface area contributed by atoms with Crippen LogP contribution < -0.4 is 0 Å². The number of nitrogens with zero attached hydrogens (tertiary/aromatic N) is 2. The minimum absolute atomic E-state index is 0.0865. The normalized spacial score (nSPS) is 33.7. The number of amides is 5. The Morgan fingerprint density at radius 2 is 1.79 bits per heavy atom. The van der Waals surface area contributed by atoms with Crippen molar-refractivity contribution in [1.82, 2.24) is 9.80 Å². The highest BCUT2D eigenvalue weighted by Gasteiger charge is 2.76. The number of aromatic hydroxyl groups is 1. The number of hydrogen-bond donors (Lipinski definition) is 1. The lowest BCUT2D eigenvalue weighted by Gasteiger charge is -2.51. The largest absolute Gasteiger partial charge is 0.508 e. The number of fused-ring (bicyclic) bond motifs is 5. The maximum atomic E-state index is 13.9. The first-order chi connectivity index (χ1) is 18.5. The van der Waals surface area contributed by atoms with Crippen LogP contribution in [0.1, 0.15) is 24.3 Å². The molecule has 2 aromatic carbocycles. The number of hydrogen-bond acceptors (Lipinski definition) is 7. The van der Waals surface area contributed by atoms with Crippen LogP contribution in [0, 0.1) is 17.8 Å². The number of ether oxygens (including phenoxy) is 1. The molecule has 39 heavy (non-hydrogen) atoms. The third-order valence-corrected chi connectivity index (χ3v) is 10.5. The van der Waals surface area contributed by atoms with Gasteiger partial charge in [0, 0.05) is 11.5 Å². The van der Waals surface area contributed by atoms with E-state index in [1.165, 1.54) is 6.07 Å². The Hall–Kier alpha value is -2.95. The Morgan fingerprint density at radius 3 is 2.49 bits per heavy atom. The number of rotatable bonds is 2. The Labute approximate surface area is 240 Å². The van der Waals surface area contributed by atoms with Gasteiger partial charge < -0.3 is 9.84 Å². The van der Waals surface area contributed by atoms with Crippen molar-refractivity contribution in [3.8, 4) is 5.75 Å². The van der Waals surface area contributed by atoms with Crippen LogP contribution in [0.4, 0.5) is 4.79 Å². The van der Waals surface area contributed by atoms with E-state index < -0.39 is 63.1 Å². The summed E-state index contributed by atoms with van der Waals surface area (Å²) < 4.78 is 4.67. The molecule has 1 saturated carbocycles. The molecule has 0 unspecified atom stereocenters. The van der Waals surface area contributed by atoms with Crippen molar-refractivity contribution < 1.29 is 33.8 Å². The number of imide groups is 4. The molecule has 5 amide bonds. The van der Waals surface area contributed by atoms with Gasteiger partial charge in [-0.3, -0.25) is 24.1 Å². The minimum Gasteiger partial charge on any atom is -0.508 e. The van der Waals surface area contributed by atoms with E-state index in [0.717, 1.165) is 17.4 Å². The first-order valence-corrected chi connectivity index (χ1v) is 14.1.